The summed E-state index contributed by atoms with van der Waals surface area (Å²) in [6, 6.07) is 6.09. The molecule has 2 aromatic rings. The molecule has 2 N–H and O–H groups in total. The Morgan fingerprint density at radius 1 is 1.20 bits per heavy atom. The molecule has 0 bridgehead atoms. The van der Waals surface area contributed by atoms with Crippen LogP contribution in [0.2, 0.25) is 0 Å². The van der Waals surface area contributed by atoms with E-state index < -0.39 is 0 Å². The van der Waals surface area contributed by atoms with Crippen molar-refractivity contribution in [2.45, 2.75) is 13.8 Å². The first-order valence-corrected chi connectivity index (χ1v) is 4.84. The Morgan fingerprint density at radius 2 is 1.93 bits per heavy atom. The summed E-state index contributed by atoms with van der Waals surface area (Å²) in [7, 11) is 1.62. The monoisotopic (exact) mass is 202 g/mol. The van der Waals surface area contributed by atoms with E-state index in [-0.39, 0.29) is 0 Å². The molecule has 78 valence electrons. The Labute approximate surface area is 88.9 Å². The van der Waals surface area contributed by atoms with Crippen LogP contribution in [0.25, 0.3) is 10.8 Å². The van der Waals surface area contributed by atoms with Crippen LogP contribution < -0.4 is 10.5 Å². The highest BCUT2D eigenvalue weighted by Crippen LogP contribution is 2.30. The predicted octanol–water partition coefficient (Wildman–Crippen LogP) is 2.44. The number of nitrogen functional groups attached to an aromatic ring is 1. The fourth-order valence-electron chi connectivity index (χ4n) is 1.69. The fraction of sp³-hybridized carbons (Fsp3) is 0.250. The topological polar surface area (TPSA) is 48.1 Å². The maximum atomic E-state index is 5.97. The van der Waals surface area contributed by atoms with Crippen molar-refractivity contribution in [3.05, 3.63) is 29.5 Å². The Bertz CT molecular complexity index is 521. The average molecular weight is 202 g/mol. The molecular weight excluding hydrogens is 188 g/mol. The van der Waals surface area contributed by atoms with Gasteiger partial charge in [0.15, 0.2) is 0 Å². The highest BCUT2D eigenvalue weighted by Gasteiger charge is 2.09. The summed E-state index contributed by atoms with van der Waals surface area (Å²) in [5, 5.41) is 1.98. The van der Waals surface area contributed by atoms with E-state index >= 15 is 0 Å². The van der Waals surface area contributed by atoms with E-state index in [0.717, 1.165) is 22.2 Å². The lowest BCUT2D eigenvalue weighted by atomic mass is 10.1. The summed E-state index contributed by atoms with van der Waals surface area (Å²) in [5.74, 6) is 0.639. The van der Waals surface area contributed by atoms with Crippen LogP contribution in [0.1, 0.15) is 11.3 Å². The lowest BCUT2D eigenvalue weighted by molar-refractivity contribution is 0.402. The summed E-state index contributed by atoms with van der Waals surface area (Å²) >= 11 is 0. The second-order valence-corrected chi connectivity index (χ2v) is 3.67. The van der Waals surface area contributed by atoms with Crippen LogP contribution in [0.3, 0.4) is 0 Å². The van der Waals surface area contributed by atoms with Crippen LogP contribution in [-0.2, 0) is 0 Å². The molecule has 0 aliphatic rings. The molecule has 0 atom stereocenters. The SMILES string of the molecule is COc1nc(C)c(N)c2ccc(C)cc12. The lowest BCUT2D eigenvalue weighted by Crippen LogP contribution is -1.98. The van der Waals surface area contributed by atoms with Crippen molar-refractivity contribution in [1.29, 1.82) is 0 Å². The minimum absolute atomic E-state index is 0.639. The molecule has 1 heterocycles. The number of rotatable bonds is 1. The molecule has 0 saturated heterocycles. The number of hydrogen-bond acceptors (Lipinski definition) is 3. The molecule has 3 nitrogen and oxygen atoms in total. The number of hydrogen-bond donors (Lipinski definition) is 1. The summed E-state index contributed by atoms with van der Waals surface area (Å²) in [5.41, 5.74) is 8.68. The van der Waals surface area contributed by atoms with Gasteiger partial charge in [0.2, 0.25) is 5.88 Å². The first-order chi connectivity index (χ1) is 7.13. The maximum Gasteiger partial charge on any atom is 0.221 e. The Morgan fingerprint density at radius 3 is 2.60 bits per heavy atom. The molecule has 0 radical (unpaired) electrons. The Kier molecular flexibility index (Phi) is 2.23. The van der Waals surface area contributed by atoms with Crippen LogP contribution in [0, 0.1) is 13.8 Å². The molecule has 0 unspecified atom stereocenters. The zero-order valence-corrected chi connectivity index (χ0v) is 9.16. The summed E-state index contributed by atoms with van der Waals surface area (Å²) in [6.07, 6.45) is 0. The van der Waals surface area contributed by atoms with Gasteiger partial charge in [-0.2, -0.15) is 0 Å². The van der Waals surface area contributed by atoms with Crippen molar-refractivity contribution in [2.75, 3.05) is 12.8 Å². The van der Waals surface area contributed by atoms with E-state index in [0.29, 0.717) is 5.88 Å². The largest absolute Gasteiger partial charge is 0.481 e. The number of pyridine rings is 1. The molecule has 0 amide bonds. The first-order valence-electron chi connectivity index (χ1n) is 4.84. The van der Waals surface area contributed by atoms with Crippen LogP contribution >= 0.6 is 0 Å². The van der Waals surface area contributed by atoms with Crippen LogP contribution in [0.5, 0.6) is 5.88 Å². The molecule has 0 aliphatic heterocycles. The summed E-state index contributed by atoms with van der Waals surface area (Å²) in [4.78, 5) is 4.31. The van der Waals surface area contributed by atoms with E-state index in [9.17, 15) is 0 Å². The van der Waals surface area contributed by atoms with Gasteiger partial charge in [-0.25, -0.2) is 4.98 Å². The van der Waals surface area contributed by atoms with Gasteiger partial charge in [-0.05, 0) is 19.9 Å². The average Bonchev–Trinajstić information content (AvgIpc) is 2.23. The number of aromatic nitrogens is 1. The van der Waals surface area contributed by atoms with Gasteiger partial charge in [-0.3, -0.25) is 0 Å². The number of aryl methyl sites for hydroxylation is 2. The fourth-order valence-corrected chi connectivity index (χ4v) is 1.69. The summed E-state index contributed by atoms with van der Waals surface area (Å²) in [6.45, 7) is 3.92. The number of benzene rings is 1. The van der Waals surface area contributed by atoms with Gasteiger partial charge < -0.3 is 10.5 Å². The second-order valence-electron chi connectivity index (χ2n) is 3.67. The zero-order chi connectivity index (χ0) is 11.0. The highest BCUT2D eigenvalue weighted by molar-refractivity contribution is 5.97. The number of fused-ring (bicyclic) bond motifs is 1. The number of anilines is 1. The molecule has 1 aromatic carbocycles. The molecule has 0 aliphatic carbocycles. The maximum absolute atomic E-state index is 5.97. The smallest absolute Gasteiger partial charge is 0.221 e. The number of nitrogens with two attached hydrogens (primary N) is 1. The van der Waals surface area contributed by atoms with Gasteiger partial charge >= 0.3 is 0 Å². The molecule has 2 rings (SSSR count). The van der Waals surface area contributed by atoms with E-state index in [4.69, 9.17) is 10.5 Å². The summed E-state index contributed by atoms with van der Waals surface area (Å²) < 4.78 is 5.25. The Balaban J connectivity index is 2.90. The third-order valence-electron chi connectivity index (χ3n) is 2.55. The third-order valence-corrected chi connectivity index (χ3v) is 2.55. The first kappa shape index (κ1) is 9.77. The normalized spacial score (nSPS) is 10.6. The van der Waals surface area contributed by atoms with E-state index in [2.05, 4.69) is 4.98 Å². The highest BCUT2D eigenvalue weighted by atomic mass is 16.5. The van der Waals surface area contributed by atoms with Gasteiger partial charge in [0.25, 0.3) is 0 Å². The van der Waals surface area contributed by atoms with Crippen LogP contribution in [0.4, 0.5) is 5.69 Å². The van der Waals surface area contributed by atoms with Gasteiger partial charge in [0, 0.05) is 10.8 Å². The molecule has 0 saturated carbocycles. The molecule has 0 spiro atoms. The second kappa shape index (κ2) is 3.42. The zero-order valence-electron chi connectivity index (χ0n) is 9.16. The van der Waals surface area contributed by atoms with Crippen molar-refractivity contribution in [3.63, 3.8) is 0 Å². The van der Waals surface area contributed by atoms with Gasteiger partial charge in [0.1, 0.15) is 0 Å². The van der Waals surface area contributed by atoms with Crippen LogP contribution in [0.15, 0.2) is 18.2 Å². The van der Waals surface area contributed by atoms with E-state index in [1.54, 1.807) is 7.11 Å². The standard InChI is InChI=1S/C12H14N2O/c1-7-4-5-9-10(6-7)12(15-3)14-8(2)11(9)13/h4-6H,13H2,1-3H3. The lowest BCUT2D eigenvalue weighted by Gasteiger charge is -2.10. The quantitative estimate of drug-likeness (QED) is 0.772. The van der Waals surface area contributed by atoms with Crippen molar-refractivity contribution in [2.24, 2.45) is 0 Å². The van der Waals surface area contributed by atoms with Gasteiger partial charge in [0.05, 0.1) is 18.5 Å². The molecule has 0 fully saturated rings. The van der Waals surface area contributed by atoms with Crippen molar-refractivity contribution >= 4 is 16.5 Å². The third kappa shape index (κ3) is 1.50. The number of nitrogens with zero attached hydrogens (tertiary/aromatic N) is 1. The minimum atomic E-state index is 0.639. The Hall–Kier alpha value is -1.77. The van der Waals surface area contributed by atoms with Crippen molar-refractivity contribution in [3.8, 4) is 5.88 Å². The molecule has 15 heavy (non-hydrogen) atoms. The predicted molar refractivity (Wildman–Crippen MR) is 62.2 cm³/mol. The van der Waals surface area contributed by atoms with Crippen LogP contribution in [-0.4, -0.2) is 12.1 Å². The van der Waals surface area contributed by atoms with Crippen molar-refractivity contribution < 1.29 is 4.74 Å². The van der Waals surface area contributed by atoms with E-state index in [1.165, 1.54) is 5.56 Å². The minimum Gasteiger partial charge on any atom is -0.481 e. The molecule has 1 aromatic heterocycles. The molecule has 3 heteroatoms. The van der Waals surface area contributed by atoms with Gasteiger partial charge in [-0.1, -0.05) is 17.7 Å². The van der Waals surface area contributed by atoms with Gasteiger partial charge in [-0.15, -0.1) is 0 Å². The van der Waals surface area contributed by atoms with Crippen molar-refractivity contribution in [1.82, 2.24) is 4.98 Å². The number of methoxy groups -OCH3 is 1. The molecular formula is C12H14N2O. The van der Waals surface area contributed by atoms with E-state index in [1.807, 2.05) is 32.0 Å². The number of ether oxygens (including phenoxy) is 1.